The van der Waals surface area contributed by atoms with Crippen molar-refractivity contribution in [1.29, 1.82) is 0 Å². The van der Waals surface area contributed by atoms with Gasteiger partial charge in [-0.05, 0) is 18.2 Å². The number of rotatable bonds is 1. The minimum Gasteiger partial charge on any atom is -0.464 e. The minimum atomic E-state index is -0.575. The van der Waals surface area contributed by atoms with Gasteiger partial charge < -0.3 is 9.72 Å². The highest BCUT2D eigenvalue weighted by Crippen LogP contribution is 2.15. The standard InChI is InChI=1S/C11H8ClNO3/c1-16-11(15)9-5-10(14)7-4-6(12)2-3-8(7)13-9/h2-5H,1H3,(H,13,14). The molecule has 0 unspecified atom stereocenters. The van der Waals surface area contributed by atoms with Gasteiger partial charge >= 0.3 is 5.97 Å². The number of nitrogens with one attached hydrogen (secondary N) is 1. The number of methoxy groups -OCH3 is 1. The molecule has 1 N–H and O–H groups in total. The van der Waals surface area contributed by atoms with Crippen LogP contribution in [0.15, 0.2) is 29.1 Å². The molecule has 82 valence electrons. The van der Waals surface area contributed by atoms with Crippen molar-refractivity contribution in [3.05, 3.63) is 45.2 Å². The predicted molar refractivity (Wildman–Crippen MR) is 60.9 cm³/mol. The summed E-state index contributed by atoms with van der Waals surface area (Å²) >= 11 is 5.78. The van der Waals surface area contributed by atoms with Crippen LogP contribution in [0.3, 0.4) is 0 Å². The third-order valence-corrected chi connectivity index (χ3v) is 2.43. The highest BCUT2D eigenvalue weighted by molar-refractivity contribution is 6.31. The fraction of sp³-hybridized carbons (Fsp3) is 0.0909. The van der Waals surface area contributed by atoms with E-state index in [1.54, 1.807) is 18.2 Å². The Morgan fingerprint density at radius 2 is 2.12 bits per heavy atom. The third-order valence-electron chi connectivity index (χ3n) is 2.20. The Balaban J connectivity index is 2.73. The first kappa shape index (κ1) is 10.7. The number of pyridine rings is 1. The average molecular weight is 238 g/mol. The van der Waals surface area contributed by atoms with Gasteiger partial charge in [0.1, 0.15) is 5.69 Å². The van der Waals surface area contributed by atoms with Crippen molar-refractivity contribution in [2.45, 2.75) is 0 Å². The highest BCUT2D eigenvalue weighted by Gasteiger charge is 2.09. The molecule has 16 heavy (non-hydrogen) atoms. The molecule has 1 heterocycles. The topological polar surface area (TPSA) is 59.2 Å². The summed E-state index contributed by atoms with van der Waals surface area (Å²) in [5.74, 6) is -0.575. The first-order chi connectivity index (χ1) is 7.61. The van der Waals surface area contributed by atoms with E-state index in [0.29, 0.717) is 15.9 Å². The maximum Gasteiger partial charge on any atom is 0.354 e. The molecule has 0 atom stereocenters. The zero-order valence-electron chi connectivity index (χ0n) is 8.41. The SMILES string of the molecule is COC(=O)c1cc(=O)c2cc(Cl)ccc2[nH]1. The molecular formula is C11H8ClNO3. The van der Waals surface area contributed by atoms with Crippen LogP contribution >= 0.6 is 11.6 Å². The van der Waals surface area contributed by atoms with E-state index in [9.17, 15) is 9.59 Å². The maximum absolute atomic E-state index is 11.7. The first-order valence-corrected chi connectivity index (χ1v) is 4.90. The first-order valence-electron chi connectivity index (χ1n) is 4.52. The molecule has 2 aromatic rings. The number of esters is 1. The summed E-state index contributed by atoms with van der Waals surface area (Å²) < 4.78 is 4.53. The molecule has 0 saturated carbocycles. The molecule has 0 bridgehead atoms. The van der Waals surface area contributed by atoms with Gasteiger partial charge in [0.25, 0.3) is 0 Å². The molecule has 1 aromatic carbocycles. The number of ether oxygens (including phenoxy) is 1. The third kappa shape index (κ3) is 1.79. The Morgan fingerprint density at radius 3 is 2.81 bits per heavy atom. The molecule has 0 amide bonds. The monoisotopic (exact) mass is 237 g/mol. The van der Waals surface area contributed by atoms with Crippen LogP contribution < -0.4 is 5.43 Å². The van der Waals surface area contributed by atoms with E-state index in [2.05, 4.69) is 9.72 Å². The van der Waals surface area contributed by atoms with E-state index in [1.165, 1.54) is 13.2 Å². The van der Waals surface area contributed by atoms with Gasteiger partial charge in [-0.1, -0.05) is 11.6 Å². The molecule has 0 radical (unpaired) electrons. The molecular weight excluding hydrogens is 230 g/mol. The number of fused-ring (bicyclic) bond motifs is 1. The molecule has 0 aliphatic carbocycles. The number of benzene rings is 1. The zero-order chi connectivity index (χ0) is 11.7. The molecule has 0 aliphatic heterocycles. The fourth-order valence-corrected chi connectivity index (χ4v) is 1.61. The second-order valence-corrected chi connectivity index (χ2v) is 3.67. The van der Waals surface area contributed by atoms with Gasteiger partial charge in [0, 0.05) is 22.0 Å². The van der Waals surface area contributed by atoms with Crippen LogP contribution in [0.25, 0.3) is 10.9 Å². The zero-order valence-corrected chi connectivity index (χ0v) is 9.17. The maximum atomic E-state index is 11.7. The van der Waals surface area contributed by atoms with Crippen LogP contribution in [0.1, 0.15) is 10.5 Å². The molecule has 0 fully saturated rings. The van der Waals surface area contributed by atoms with Gasteiger partial charge in [0.2, 0.25) is 0 Å². The van der Waals surface area contributed by atoms with Crippen LogP contribution in [-0.4, -0.2) is 18.1 Å². The predicted octanol–water partition coefficient (Wildman–Crippen LogP) is 1.97. The Labute approximate surface area is 95.8 Å². The highest BCUT2D eigenvalue weighted by atomic mass is 35.5. The van der Waals surface area contributed by atoms with Crippen LogP contribution in [0.5, 0.6) is 0 Å². The van der Waals surface area contributed by atoms with Crippen LogP contribution in [0, 0.1) is 0 Å². The molecule has 2 rings (SSSR count). The summed E-state index contributed by atoms with van der Waals surface area (Å²) in [6, 6.07) is 6.04. The number of hydrogen-bond acceptors (Lipinski definition) is 3. The second-order valence-electron chi connectivity index (χ2n) is 3.23. The van der Waals surface area contributed by atoms with Gasteiger partial charge in [-0.15, -0.1) is 0 Å². The average Bonchev–Trinajstić information content (AvgIpc) is 2.28. The van der Waals surface area contributed by atoms with E-state index in [4.69, 9.17) is 11.6 Å². The Bertz CT molecular complexity index is 618. The molecule has 1 aromatic heterocycles. The van der Waals surface area contributed by atoms with E-state index in [-0.39, 0.29) is 11.1 Å². The van der Waals surface area contributed by atoms with Crippen molar-refractivity contribution in [1.82, 2.24) is 4.98 Å². The summed E-state index contributed by atoms with van der Waals surface area (Å²) in [7, 11) is 1.26. The number of carbonyl (C=O) groups excluding carboxylic acids is 1. The molecule has 4 nitrogen and oxygen atoms in total. The van der Waals surface area contributed by atoms with Gasteiger partial charge in [0.05, 0.1) is 7.11 Å². The van der Waals surface area contributed by atoms with Crippen molar-refractivity contribution in [2.75, 3.05) is 7.11 Å². The van der Waals surface area contributed by atoms with Crippen LogP contribution in [0.4, 0.5) is 0 Å². The second kappa shape index (κ2) is 3.98. The minimum absolute atomic E-state index is 0.127. The summed E-state index contributed by atoms with van der Waals surface area (Å²) in [6.07, 6.45) is 0. The van der Waals surface area contributed by atoms with Crippen molar-refractivity contribution in [2.24, 2.45) is 0 Å². The van der Waals surface area contributed by atoms with Crippen molar-refractivity contribution in [3.8, 4) is 0 Å². The van der Waals surface area contributed by atoms with E-state index in [0.717, 1.165) is 0 Å². The van der Waals surface area contributed by atoms with Crippen molar-refractivity contribution < 1.29 is 9.53 Å². The number of aromatic nitrogens is 1. The lowest BCUT2D eigenvalue weighted by molar-refractivity contribution is 0.0594. The molecule has 0 saturated heterocycles. The normalized spacial score (nSPS) is 10.4. The number of carbonyl (C=O) groups is 1. The number of halogens is 1. The number of hydrogen-bond donors (Lipinski definition) is 1. The lowest BCUT2D eigenvalue weighted by atomic mass is 10.2. The molecule has 5 heteroatoms. The van der Waals surface area contributed by atoms with E-state index < -0.39 is 5.97 Å². The largest absolute Gasteiger partial charge is 0.464 e. The molecule has 0 spiro atoms. The van der Waals surface area contributed by atoms with Gasteiger partial charge in [0.15, 0.2) is 5.43 Å². The Kier molecular flexibility index (Phi) is 2.66. The lowest BCUT2D eigenvalue weighted by Crippen LogP contribution is -2.11. The Hall–Kier alpha value is -1.81. The Morgan fingerprint density at radius 1 is 1.38 bits per heavy atom. The quantitative estimate of drug-likeness (QED) is 0.772. The summed E-state index contributed by atoms with van der Waals surface area (Å²) in [4.78, 5) is 25.8. The summed E-state index contributed by atoms with van der Waals surface area (Å²) in [6.45, 7) is 0. The fourth-order valence-electron chi connectivity index (χ4n) is 1.44. The smallest absolute Gasteiger partial charge is 0.354 e. The molecule has 0 aliphatic rings. The van der Waals surface area contributed by atoms with Gasteiger partial charge in [-0.2, -0.15) is 0 Å². The summed E-state index contributed by atoms with van der Waals surface area (Å²) in [5.41, 5.74) is 0.413. The lowest BCUT2D eigenvalue weighted by Gasteiger charge is -2.02. The van der Waals surface area contributed by atoms with E-state index in [1.807, 2.05) is 0 Å². The number of H-pyrrole nitrogens is 1. The van der Waals surface area contributed by atoms with Crippen molar-refractivity contribution in [3.63, 3.8) is 0 Å². The van der Waals surface area contributed by atoms with Gasteiger partial charge in [-0.25, -0.2) is 4.79 Å². The van der Waals surface area contributed by atoms with Gasteiger partial charge in [-0.3, -0.25) is 4.79 Å². The van der Waals surface area contributed by atoms with Crippen molar-refractivity contribution >= 4 is 28.5 Å². The van der Waals surface area contributed by atoms with Crippen LogP contribution in [-0.2, 0) is 4.74 Å². The number of aromatic amines is 1. The van der Waals surface area contributed by atoms with Crippen LogP contribution in [0.2, 0.25) is 5.02 Å². The summed E-state index contributed by atoms with van der Waals surface area (Å²) in [5, 5.41) is 0.920. The van der Waals surface area contributed by atoms with E-state index >= 15 is 0 Å².